The Labute approximate surface area is 101 Å². The first-order valence-corrected chi connectivity index (χ1v) is 5.95. The van der Waals surface area contributed by atoms with Crippen molar-refractivity contribution in [3.63, 3.8) is 0 Å². The van der Waals surface area contributed by atoms with Crippen LogP contribution in [0.2, 0.25) is 0 Å². The molecule has 1 saturated heterocycles. The van der Waals surface area contributed by atoms with Crippen molar-refractivity contribution >= 4 is 11.8 Å². The molecule has 0 aliphatic carbocycles. The first-order valence-electron chi connectivity index (χ1n) is 5.95. The second kappa shape index (κ2) is 7.24. The number of carbonyl (C=O) groups is 2. The molecule has 1 fully saturated rings. The fraction of sp³-hybridized carbons (Fsp3) is 0.818. The molecule has 0 aromatic carbocycles. The number of ether oxygens (including phenoxy) is 1. The topological polar surface area (TPSA) is 84.7 Å². The van der Waals surface area contributed by atoms with Crippen molar-refractivity contribution in [2.45, 2.75) is 13.3 Å². The van der Waals surface area contributed by atoms with Gasteiger partial charge in [-0.3, -0.25) is 14.5 Å². The summed E-state index contributed by atoms with van der Waals surface area (Å²) in [6, 6.07) is 0. The van der Waals surface area contributed by atoms with Gasteiger partial charge in [0, 0.05) is 38.5 Å². The summed E-state index contributed by atoms with van der Waals surface area (Å²) in [5, 5.41) is 2.79. The van der Waals surface area contributed by atoms with Crippen LogP contribution in [0.25, 0.3) is 0 Å². The zero-order chi connectivity index (χ0) is 12.7. The van der Waals surface area contributed by atoms with Gasteiger partial charge in [-0.2, -0.15) is 0 Å². The summed E-state index contributed by atoms with van der Waals surface area (Å²) in [5.41, 5.74) is 5.09. The third-order valence-corrected chi connectivity index (χ3v) is 2.83. The number of nitrogens with one attached hydrogen (secondary N) is 1. The van der Waals surface area contributed by atoms with Gasteiger partial charge in [0.1, 0.15) is 0 Å². The Balaban J connectivity index is 2.09. The largest absolute Gasteiger partial charge is 0.379 e. The number of morpholine rings is 1. The lowest BCUT2D eigenvalue weighted by atomic mass is 10.1. The van der Waals surface area contributed by atoms with Crippen molar-refractivity contribution in [1.29, 1.82) is 0 Å². The van der Waals surface area contributed by atoms with E-state index in [0.29, 0.717) is 6.54 Å². The maximum Gasteiger partial charge on any atom is 0.220 e. The van der Waals surface area contributed by atoms with E-state index in [1.54, 1.807) is 6.92 Å². The van der Waals surface area contributed by atoms with Crippen molar-refractivity contribution in [3.8, 4) is 0 Å². The van der Waals surface area contributed by atoms with Gasteiger partial charge in [0.05, 0.1) is 13.2 Å². The van der Waals surface area contributed by atoms with Crippen molar-refractivity contribution in [1.82, 2.24) is 10.2 Å². The number of nitrogens with two attached hydrogens (primary N) is 1. The SMILES string of the molecule is CC(CC(=O)NCCN1CCOCC1)C(N)=O. The number of primary amides is 1. The van der Waals surface area contributed by atoms with Crippen molar-refractivity contribution < 1.29 is 14.3 Å². The molecule has 6 nitrogen and oxygen atoms in total. The molecule has 0 radical (unpaired) electrons. The van der Waals surface area contributed by atoms with Gasteiger partial charge in [-0.05, 0) is 0 Å². The normalized spacial score (nSPS) is 18.6. The van der Waals surface area contributed by atoms with Gasteiger partial charge in [-0.1, -0.05) is 6.92 Å². The highest BCUT2D eigenvalue weighted by Crippen LogP contribution is 2.00. The van der Waals surface area contributed by atoms with Crippen LogP contribution in [0.3, 0.4) is 0 Å². The molecular weight excluding hydrogens is 222 g/mol. The minimum atomic E-state index is -0.437. The molecule has 1 rings (SSSR count). The Morgan fingerprint density at radius 3 is 2.65 bits per heavy atom. The number of amides is 2. The average Bonchev–Trinajstić information content (AvgIpc) is 2.30. The predicted molar refractivity (Wildman–Crippen MR) is 63.2 cm³/mol. The Morgan fingerprint density at radius 1 is 1.41 bits per heavy atom. The van der Waals surface area contributed by atoms with E-state index >= 15 is 0 Å². The molecule has 0 saturated carbocycles. The summed E-state index contributed by atoms with van der Waals surface area (Å²) in [6.07, 6.45) is 0.165. The zero-order valence-corrected chi connectivity index (χ0v) is 10.3. The van der Waals surface area contributed by atoms with E-state index in [9.17, 15) is 9.59 Å². The minimum Gasteiger partial charge on any atom is -0.379 e. The fourth-order valence-corrected chi connectivity index (χ4v) is 1.63. The van der Waals surface area contributed by atoms with E-state index in [2.05, 4.69) is 10.2 Å². The van der Waals surface area contributed by atoms with E-state index in [0.717, 1.165) is 32.8 Å². The van der Waals surface area contributed by atoms with Crippen LogP contribution in [-0.4, -0.2) is 56.1 Å². The molecule has 1 atom stereocenters. The highest BCUT2D eigenvalue weighted by Gasteiger charge is 2.14. The number of rotatable bonds is 6. The summed E-state index contributed by atoms with van der Waals surface area (Å²) in [5.74, 6) is -0.962. The summed E-state index contributed by atoms with van der Waals surface area (Å²) in [4.78, 5) is 24.5. The van der Waals surface area contributed by atoms with Gasteiger partial charge < -0.3 is 15.8 Å². The average molecular weight is 243 g/mol. The number of carbonyl (C=O) groups excluding carboxylic acids is 2. The van der Waals surface area contributed by atoms with Crippen LogP contribution in [0.5, 0.6) is 0 Å². The van der Waals surface area contributed by atoms with E-state index in [1.165, 1.54) is 0 Å². The third kappa shape index (κ3) is 5.65. The molecule has 2 amide bonds. The van der Waals surface area contributed by atoms with Crippen LogP contribution in [0.15, 0.2) is 0 Å². The lowest BCUT2D eigenvalue weighted by Crippen LogP contribution is -2.41. The van der Waals surface area contributed by atoms with Crippen LogP contribution >= 0.6 is 0 Å². The molecule has 0 spiro atoms. The highest BCUT2D eigenvalue weighted by molar-refractivity contribution is 5.84. The first-order chi connectivity index (χ1) is 8.09. The smallest absolute Gasteiger partial charge is 0.220 e. The van der Waals surface area contributed by atoms with E-state index < -0.39 is 11.8 Å². The van der Waals surface area contributed by atoms with Crippen LogP contribution in [0, 0.1) is 5.92 Å². The van der Waals surface area contributed by atoms with Crippen LogP contribution in [0.4, 0.5) is 0 Å². The molecular formula is C11H21N3O3. The lowest BCUT2D eigenvalue weighted by molar-refractivity contribution is -0.128. The Kier molecular flexibility index (Phi) is 5.93. The van der Waals surface area contributed by atoms with Crippen LogP contribution in [-0.2, 0) is 14.3 Å². The Hall–Kier alpha value is -1.14. The molecule has 0 bridgehead atoms. The number of nitrogens with zero attached hydrogens (tertiary/aromatic N) is 1. The highest BCUT2D eigenvalue weighted by atomic mass is 16.5. The van der Waals surface area contributed by atoms with E-state index in [1.807, 2.05) is 0 Å². The van der Waals surface area contributed by atoms with Gasteiger partial charge >= 0.3 is 0 Å². The lowest BCUT2D eigenvalue weighted by Gasteiger charge is -2.26. The summed E-state index contributed by atoms with van der Waals surface area (Å²) in [7, 11) is 0. The van der Waals surface area contributed by atoms with Gasteiger partial charge in [0.2, 0.25) is 11.8 Å². The molecule has 1 aliphatic heterocycles. The third-order valence-electron chi connectivity index (χ3n) is 2.83. The molecule has 1 aliphatic rings. The quantitative estimate of drug-likeness (QED) is 0.623. The molecule has 3 N–H and O–H groups in total. The zero-order valence-electron chi connectivity index (χ0n) is 10.3. The molecule has 1 heterocycles. The van der Waals surface area contributed by atoms with Crippen LogP contribution in [0.1, 0.15) is 13.3 Å². The maximum absolute atomic E-state index is 11.4. The van der Waals surface area contributed by atoms with Gasteiger partial charge in [0.25, 0.3) is 0 Å². The van der Waals surface area contributed by atoms with E-state index in [-0.39, 0.29) is 12.3 Å². The predicted octanol–water partition coefficient (Wildman–Crippen LogP) is -1.05. The van der Waals surface area contributed by atoms with Crippen molar-refractivity contribution in [3.05, 3.63) is 0 Å². The summed E-state index contributed by atoms with van der Waals surface area (Å²) in [6.45, 7) is 6.41. The van der Waals surface area contributed by atoms with Gasteiger partial charge in [0.15, 0.2) is 0 Å². The molecule has 17 heavy (non-hydrogen) atoms. The van der Waals surface area contributed by atoms with Gasteiger partial charge in [-0.25, -0.2) is 0 Å². The van der Waals surface area contributed by atoms with E-state index in [4.69, 9.17) is 10.5 Å². The molecule has 0 aromatic heterocycles. The summed E-state index contributed by atoms with van der Waals surface area (Å²) >= 11 is 0. The number of hydrogen-bond acceptors (Lipinski definition) is 4. The Bertz CT molecular complexity index is 265. The Morgan fingerprint density at radius 2 is 2.06 bits per heavy atom. The monoisotopic (exact) mass is 243 g/mol. The molecule has 98 valence electrons. The number of hydrogen-bond donors (Lipinski definition) is 2. The second-order valence-electron chi connectivity index (χ2n) is 4.31. The van der Waals surface area contributed by atoms with Crippen molar-refractivity contribution in [2.75, 3.05) is 39.4 Å². The standard InChI is InChI=1S/C11H21N3O3/c1-9(11(12)16)8-10(15)13-2-3-14-4-6-17-7-5-14/h9H,2-8H2,1H3,(H2,12,16)(H,13,15). The molecule has 0 aromatic rings. The maximum atomic E-state index is 11.4. The van der Waals surface area contributed by atoms with Crippen LogP contribution < -0.4 is 11.1 Å². The minimum absolute atomic E-state index is 0.121. The molecule has 6 heteroatoms. The fourth-order valence-electron chi connectivity index (χ4n) is 1.63. The molecule has 1 unspecified atom stereocenters. The first kappa shape index (κ1) is 13.9. The summed E-state index contributed by atoms with van der Waals surface area (Å²) < 4.78 is 5.23. The van der Waals surface area contributed by atoms with Gasteiger partial charge in [-0.15, -0.1) is 0 Å². The second-order valence-corrected chi connectivity index (χ2v) is 4.31. The van der Waals surface area contributed by atoms with Crippen molar-refractivity contribution in [2.24, 2.45) is 11.7 Å².